The molecule has 1 N–H and O–H groups in total. The van der Waals surface area contributed by atoms with Crippen LogP contribution in [0.3, 0.4) is 0 Å². The third-order valence-electron chi connectivity index (χ3n) is 5.04. The number of halogens is 1. The number of ether oxygens (including phenoxy) is 1. The summed E-state index contributed by atoms with van der Waals surface area (Å²) < 4.78 is 21.1. The Labute approximate surface area is 175 Å². The maximum absolute atomic E-state index is 13.3. The lowest BCUT2D eigenvalue weighted by atomic mass is 10.1. The van der Waals surface area contributed by atoms with Crippen molar-refractivity contribution in [3.63, 3.8) is 0 Å². The summed E-state index contributed by atoms with van der Waals surface area (Å²) in [5.74, 6) is 1.33. The number of aromatic nitrogens is 2. The van der Waals surface area contributed by atoms with Gasteiger partial charge in [0.1, 0.15) is 30.1 Å². The lowest BCUT2D eigenvalue weighted by Gasteiger charge is -2.16. The van der Waals surface area contributed by atoms with Crippen LogP contribution in [0.2, 0.25) is 0 Å². The van der Waals surface area contributed by atoms with Crippen molar-refractivity contribution >= 4 is 11.0 Å². The van der Waals surface area contributed by atoms with Gasteiger partial charge >= 0.3 is 0 Å². The zero-order valence-corrected chi connectivity index (χ0v) is 17.2. The molecular weight excluding hydrogens is 379 g/mol. The number of fused-ring (bicyclic) bond motifs is 1. The smallest absolute Gasteiger partial charge is 0.123 e. The Morgan fingerprint density at radius 1 is 1.00 bits per heavy atom. The van der Waals surface area contributed by atoms with Crippen LogP contribution < -0.4 is 4.74 Å². The molecule has 0 radical (unpaired) electrons. The minimum atomic E-state index is -0.699. The van der Waals surface area contributed by atoms with Gasteiger partial charge in [-0.25, -0.2) is 9.37 Å². The van der Waals surface area contributed by atoms with E-state index < -0.39 is 6.10 Å². The predicted octanol–water partition coefficient (Wildman–Crippen LogP) is 4.82. The van der Waals surface area contributed by atoms with Crippen molar-refractivity contribution in [3.8, 4) is 5.75 Å². The second-order valence-corrected chi connectivity index (χ2v) is 7.72. The van der Waals surface area contributed by atoms with Gasteiger partial charge in [0.2, 0.25) is 0 Å². The molecule has 4 nitrogen and oxygen atoms in total. The number of para-hydroxylation sites is 2. The van der Waals surface area contributed by atoms with Crippen LogP contribution in [-0.2, 0) is 13.0 Å². The van der Waals surface area contributed by atoms with Crippen LogP contribution in [0, 0.1) is 19.7 Å². The van der Waals surface area contributed by atoms with E-state index in [-0.39, 0.29) is 12.4 Å². The fourth-order valence-corrected chi connectivity index (χ4v) is 3.72. The summed E-state index contributed by atoms with van der Waals surface area (Å²) in [5, 5.41) is 10.7. The van der Waals surface area contributed by atoms with E-state index in [1.165, 1.54) is 12.1 Å². The van der Waals surface area contributed by atoms with Gasteiger partial charge in [0.25, 0.3) is 0 Å². The summed E-state index contributed by atoms with van der Waals surface area (Å²) in [6.45, 7) is 4.60. The zero-order valence-electron chi connectivity index (χ0n) is 17.2. The Balaban J connectivity index is 1.53. The van der Waals surface area contributed by atoms with E-state index in [2.05, 4.69) is 6.07 Å². The minimum Gasteiger partial charge on any atom is -0.491 e. The van der Waals surface area contributed by atoms with Crippen LogP contribution in [0.4, 0.5) is 4.39 Å². The molecule has 1 unspecified atom stereocenters. The van der Waals surface area contributed by atoms with Crippen LogP contribution in [-0.4, -0.2) is 27.4 Å². The summed E-state index contributed by atoms with van der Waals surface area (Å²) >= 11 is 0. The summed E-state index contributed by atoms with van der Waals surface area (Å²) in [7, 11) is 0. The SMILES string of the molecule is Cc1cc(C)cc(OCC(O)Cn2c(Cc3ccc(F)cc3)nc3ccccc32)c1. The molecule has 0 amide bonds. The van der Waals surface area contributed by atoms with Crippen molar-refractivity contribution in [2.24, 2.45) is 0 Å². The first-order valence-electron chi connectivity index (χ1n) is 10.1. The van der Waals surface area contributed by atoms with Gasteiger partial charge in [0.15, 0.2) is 0 Å². The van der Waals surface area contributed by atoms with Crippen molar-refractivity contribution in [2.45, 2.75) is 32.9 Å². The third-order valence-corrected chi connectivity index (χ3v) is 5.04. The molecule has 154 valence electrons. The average Bonchev–Trinajstić information content (AvgIpc) is 3.04. The quantitative estimate of drug-likeness (QED) is 0.480. The van der Waals surface area contributed by atoms with Crippen molar-refractivity contribution in [1.29, 1.82) is 0 Å². The van der Waals surface area contributed by atoms with Gasteiger partial charge in [-0.05, 0) is 66.9 Å². The van der Waals surface area contributed by atoms with Crippen LogP contribution in [0.15, 0.2) is 66.7 Å². The topological polar surface area (TPSA) is 47.3 Å². The highest BCUT2D eigenvalue weighted by atomic mass is 19.1. The number of rotatable bonds is 7. The number of aliphatic hydroxyl groups excluding tert-OH is 1. The van der Waals surface area contributed by atoms with Crippen LogP contribution >= 0.6 is 0 Å². The van der Waals surface area contributed by atoms with Gasteiger partial charge in [-0.15, -0.1) is 0 Å². The molecule has 0 aliphatic heterocycles. The predicted molar refractivity (Wildman–Crippen MR) is 116 cm³/mol. The van der Waals surface area contributed by atoms with E-state index in [9.17, 15) is 9.50 Å². The summed E-state index contributed by atoms with van der Waals surface area (Å²) in [6.07, 6.45) is -0.144. The number of benzene rings is 3. The Kier molecular flexibility index (Phi) is 5.81. The highest BCUT2D eigenvalue weighted by molar-refractivity contribution is 5.76. The Bertz CT molecular complexity index is 1130. The molecule has 0 spiro atoms. The first-order chi connectivity index (χ1) is 14.5. The molecule has 0 saturated heterocycles. The minimum absolute atomic E-state index is 0.186. The normalized spacial score (nSPS) is 12.3. The summed E-state index contributed by atoms with van der Waals surface area (Å²) in [5.41, 5.74) is 5.05. The van der Waals surface area contributed by atoms with Gasteiger partial charge in [-0.1, -0.05) is 30.3 Å². The lowest BCUT2D eigenvalue weighted by Crippen LogP contribution is -2.24. The van der Waals surface area contributed by atoms with E-state index in [0.29, 0.717) is 13.0 Å². The van der Waals surface area contributed by atoms with Gasteiger partial charge in [0, 0.05) is 6.42 Å². The average molecular weight is 404 g/mol. The van der Waals surface area contributed by atoms with E-state index >= 15 is 0 Å². The molecule has 5 heteroatoms. The van der Waals surface area contributed by atoms with Crippen molar-refractivity contribution in [1.82, 2.24) is 9.55 Å². The van der Waals surface area contributed by atoms with E-state index in [1.807, 2.05) is 54.8 Å². The lowest BCUT2D eigenvalue weighted by molar-refractivity contribution is 0.0927. The fourth-order valence-electron chi connectivity index (χ4n) is 3.72. The van der Waals surface area contributed by atoms with Crippen molar-refractivity contribution in [3.05, 3.63) is 95.1 Å². The maximum Gasteiger partial charge on any atom is 0.123 e. The molecule has 0 aliphatic carbocycles. The van der Waals surface area contributed by atoms with Crippen molar-refractivity contribution < 1.29 is 14.2 Å². The molecule has 0 aliphatic rings. The monoisotopic (exact) mass is 404 g/mol. The molecular formula is C25H25FN2O2. The first kappa shape index (κ1) is 20.1. The molecule has 1 aromatic heterocycles. The van der Waals surface area contributed by atoms with E-state index in [4.69, 9.17) is 9.72 Å². The molecule has 30 heavy (non-hydrogen) atoms. The Morgan fingerprint density at radius 3 is 2.43 bits per heavy atom. The van der Waals surface area contributed by atoms with Crippen LogP contribution in [0.1, 0.15) is 22.5 Å². The number of nitrogens with zero attached hydrogens (tertiary/aromatic N) is 2. The zero-order chi connectivity index (χ0) is 21.1. The van der Waals surface area contributed by atoms with E-state index in [0.717, 1.165) is 39.3 Å². The second kappa shape index (κ2) is 8.67. The highest BCUT2D eigenvalue weighted by Crippen LogP contribution is 2.20. The van der Waals surface area contributed by atoms with Crippen LogP contribution in [0.5, 0.6) is 5.75 Å². The number of aryl methyl sites for hydroxylation is 2. The third kappa shape index (κ3) is 4.69. The molecule has 4 rings (SSSR count). The molecule has 0 saturated carbocycles. The largest absolute Gasteiger partial charge is 0.491 e. The highest BCUT2D eigenvalue weighted by Gasteiger charge is 2.15. The molecule has 4 aromatic rings. The van der Waals surface area contributed by atoms with Crippen molar-refractivity contribution in [2.75, 3.05) is 6.61 Å². The molecule has 1 atom stereocenters. The summed E-state index contributed by atoms with van der Waals surface area (Å²) in [4.78, 5) is 4.74. The van der Waals surface area contributed by atoms with Crippen LogP contribution in [0.25, 0.3) is 11.0 Å². The summed E-state index contributed by atoms with van der Waals surface area (Å²) in [6, 6.07) is 20.3. The van der Waals surface area contributed by atoms with Gasteiger partial charge in [0.05, 0.1) is 17.6 Å². The molecule has 1 heterocycles. The van der Waals surface area contributed by atoms with Gasteiger partial charge in [-0.2, -0.15) is 0 Å². The number of imidazole rings is 1. The van der Waals surface area contributed by atoms with Gasteiger partial charge < -0.3 is 14.4 Å². The standard InChI is InChI=1S/C25H25FN2O2/c1-17-11-18(2)13-22(12-17)30-16-21(29)15-28-24-6-4-3-5-23(24)27-25(28)14-19-7-9-20(26)10-8-19/h3-13,21,29H,14-16H2,1-2H3. The number of hydrogen-bond acceptors (Lipinski definition) is 3. The second-order valence-electron chi connectivity index (χ2n) is 7.72. The Hall–Kier alpha value is -3.18. The number of hydrogen-bond donors (Lipinski definition) is 1. The Morgan fingerprint density at radius 2 is 1.70 bits per heavy atom. The van der Waals surface area contributed by atoms with Gasteiger partial charge in [-0.3, -0.25) is 0 Å². The molecule has 0 fully saturated rings. The first-order valence-corrected chi connectivity index (χ1v) is 10.1. The van der Waals surface area contributed by atoms with E-state index in [1.54, 1.807) is 12.1 Å². The maximum atomic E-state index is 13.3. The number of aliphatic hydroxyl groups is 1. The molecule has 3 aromatic carbocycles. The molecule has 0 bridgehead atoms. The fraction of sp³-hybridized carbons (Fsp3) is 0.240.